The molecule has 2 aromatic heterocycles. The van der Waals surface area contributed by atoms with Gasteiger partial charge in [0.2, 0.25) is 5.95 Å². The number of carboxylic acids is 1. The van der Waals surface area contributed by atoms with E-state index in [-0.39, 0.29) is 12.1 Å². The average molecular weight is 399 g/mol. The summed E-state index contributed by atoms with van der Waals surface area (Å²) in [5.41, 5.74) is 3.36. The van der Waals surface area contributed by atoms with Crippen molar-refractivity contribution in [3.8, 4) is 11.3 Å². The van der Waals surface area contributed by atoms with E-state index in [0.717, 1.165) is 48.6 Å². The Balaban J connectivity index is 1.60. The molecule has 4 heterocycles. The molecular formula is C20H25N5O4. The molecule has 9 heteroatoms. The molecule has 0 spiro atoms. The summed E-state index contributed by atoms with van der Waals surface area (Å²) in [4.78, 5) is 34.6. The third-order valence-electron chi connectivity index (χ3n) is 5.58. The minimum atomic E-state index is -1.01. The molecule has 2 aromatic rings. The third kappa shape index (κ3) is 3.82. The predicted octanol–water partition coefficient (Wildman–Crippen LogP) is 2.14. The summed E-state index contributed by atoms with van der Waals surface area (Å²) in [6.07, 6.45) is 5.95. The average Bonchev–Trinajstić information content (AvgIpc) is 3.15. The fraction of sp³-hybridized carbons (Fsp3) is 0.500. The van der Waals surface area contributed by atoms with Crippen molar-refractivity contribution in [3.63, 3.8) is 0 Å². The summed E-state index contributed by atoms with van der Waals surface area (Å²) < 4.78 is 6.92. The number of fused-ring (bicyclic) bond motifs is 1. The number of rotatable bonds is 5. The molecule has 0 aliphatic carbocycles. The van der Waals surface area contributed by atoms with Crippen LogP contribution in [0.15, 0.2) is 18.5 Å². The molecule has 0 bridgehead atoms. The van der Waals surface area contributed by atoms with Crippen LogP contribution in [0.5, 0.6) is 0 Å². The van der Waals surface area contributed by atoms with Gasteiger partial charge in [0.15, 0.2) is 0 Å². The SMILES string of the molecule is Cc1cnc(NC2CCOCC2)nc1-c1cc2n(c1)C(=O)N([C@H](C)C(=O)O)CC2. The standard InChI is InChI=1S/C20H25N5O4/c1-12-10-21-19(22-15-4-7-29-8-5-15)23-17(12)14-9-16-3-6-24(13(2)18(26)27)20(28)25(16)11-14/h9-11,13,15H,3-8H2,1-2H3,(H,26,27)(H,21,22,23)/t13-/m1/s1. The zero-order valence-corrected chi connectivity index (χ0v) is 16.6. The highest BCUT2D eigenvalue weighted by atomic mass is 16.5. The molecule has 0 radical (unpaired) electrons. The topological polar surface area (TPSA) is 110 Å². The quantitative estimate of drug-likeness (QED) is 0.793. The first-order valence-corrected chi connectivity index (χ1v) is 9.87. The van der Waals surface area contributed by atoms with Crippen molar-refractivity contribution in [2.75, 3.05) is 25.1 Å². The Kier molecular flexibility index (Phi) is 5.23. The Morgan fingerprint density at radius 3 is 2.86 bits per heavy atom. The summed E-state index contributed by atoms with van der Waals surface area (Å²) in [7, 11) is 0. The number of aliphatic carboxylic acids is 1. The number of carbonyl (C=O) groups excluding carboxylic acids is 1. The maximum atomic E-state index is 12.8. The van der Waals surface area contributed by atoms with Gasteiger partial charge in [-0.05, 0) is 38.3 Å². The summed E-state index contributed by atoms with van der Waals surface area (Å²) in [6.45, 7) is 5.31. The Bertz CT molecular complexity index is 935. The molecule has 2 aliphatic rings. The van der Waals surface area contributed by atoms with Crippen LogP contribution >= 0.6 is 0 Å². The van der Waals surface area contributed by atoms with Gasteiger partial charge in [0.1, 0.15) is 6.04 Å². The normalized spacial score (nSPS) is 18.4. The number of hydrogen-bond acceptors (Lipinski definition) is 6. The Morgan fingerprint density at radius 2 is 2.14 bits per heavy atom. The van der Waals surface area contributed by atoms with Gasteiger partial charge >= 0.3 is 12.0 Å². The summed E-state index contributed by atoms with van der Waals surface area (Å²) >= 11 is 0. The number of nitrogens with zero attached hydrogens (tertiary/aromatic N) is 4. The van der Waals surface area contributed by atoms with Gasteiger partial charge in [0.05, 0.1) is 5.69 Å². The lowest BCUT2D eigenvalue weighted by Gasteiger charge is -2.31. The molecule has 1 amide bonds. The lowest BCUT2D eigenvalue weighted by atomic mass is 10.1. The van der Waals surface area contributed by atoms with Gasteiger partial charge in [0.25, 0.3) is 0 Å². The number of nitrogens with one attached hydrogen (secondary N) is 1. The Morgan fingerprint density at radius 1 is 1.38 bits per heavy atom. The van der Waals surface area contributed by atoms with Gasteiger partial charge in [-0.25, -0.2) is 19.6 Å². The van der Waals surface area contributed by atoms with Crippen LogP contribution in [-0.2, 0) is 16.0 Å². The van der Waals surface area contributed by atoms with Crippen molar-refractivity contribution in [2.45, 2.75) is 45.2 Å². The van der Waals surface area contributed by atoms with Gasteiger partial charge < -0.3 is 20.1 Å². The van der Waals surface area contributed by atoms with E-state index < -0.39 is 12.0 Å². The number of ether oxygens (including phenoxy) is 1. The van der Waals surface area contributed by atoms with Crippen molar-refractivity contribution in [1.29, 1.82) is 0 Å². The first-order valence-electron chi connectivity index (χ1n) is 9.87. The molecular weight excluding hydrogens is 374 g/mol. The number of carbonyl (C=O) groups is 2. The number of carboxylic acid groups (broad SMARTS) is 1. The van der Waals surface area contributed by atoms with Crippen LogP contribution in [-0.4, -0.2) is 68.4 Å². The predicted molar refractivity (Wildman–Crippen MR) is 106 cm³/mol. The van der Waals surface area contributed by atoms with Crippen LogP contribution in [0.3, 0.4) is 0 Å². The molecule has 2 aliphatic heterocycles. The third-order valence-corrected chi connectivity index (χ3v) is 5.58. The fourth-order valence-corrected chi connectivity index (χ4v) is 3.80. The van der Waals surface area contributed by atoms with E-state index in [1.54, 1.807) is 12.4 Å². The summed E-state index contributed by atoms with van der Waals surface area (Å²) in [5, 5.41) is 12.6. The van der Waals surface area contributed by atoms with Gasteiger partial charge in [-0.15, -0.1) is 0 Å². The van der Waals surface area contributed by atoms with Crippen molar-refractivity contribution >= 4 is 17.9 Å². The molecule has 1 atom stereocenters. The first kappa shape index (κ1) is 19.4. The molecule has 4 rings (SSSR count). The van der Waals surface area contributed by atoms with E-state index >= 15 is 0 Å². The molecule has 1 fully saturated rings. The van der Waals surface area contributed by atoms with E-state index in [1.165, 1.54) is 16.4 Å². The maximum Gasteiger partial charge on any atom is 0.329 e. The first-order chi connectivity index (χ1) is 13.9. The van der Waals surface area contributed by atoms with Gasteiger partial charge in [-0.2, -0.15) is 0 Å². The van der Waals surface area contributed by atoms with Crippen molar-refractivity contribution in [1.82, 2.24) is 19.4 Å². The molecule has 0 unspecified atom stereocenters. The Hall–Kier alpha value is -2.94. The number of hydrogen-bond donors (Lipinski definition) is 2. The van der Waals surface area contributed by atoms with E-state index in [2.05, 4.69) is 10.3 Å². The fourth-order valence-electron chi connectivity index (χ4n) is 3.80. The molecule has 0 aromatic carbocycles. The maximum absolute atomic E-state index is 12.8. The molecule has 1 saturated heterocycles. The number of anilines is 1. The highest BCUT2D eigenvalue weighted by Crippen LogP contribution is 2.27. The van der Waals surface area contributed by atoms with Crippen LogP contribution in [0.2, 0.25) is 0 Å². The summed E-state index contributed by atoms with van der Waals surface area (Å²) in [6, 6.07) is 1.06. The van der Waals surface area contributed by atoms with E-state index in [9.17, 15) is 14.7 Å². The number of aryl methyl sites for hydroxylation is 1. The molecule has 29 heavy (non-hydrogen) atoms. The van der Waals surface area contributed by atoms with E-state index in [1.807, 2.05) is 13.0 Å². The zero-order chi connectivity index (χ0) is 20.5. The molecule has 0 saturated carbocycles. The van der Waals surface area contributed by atoms with Crippen LogP contribution < -0.4 is 5.32 Å². The highest BCUT2D eigenvalue weighted by Gasteiger charge is 2.31. The van der Waals surface area contributed by atoms with Crippen molar-refractivity contribution < 1.29 is 19.4 Å². The van der Waals surface area contributed by atoms with Gasteiger partial charge in [-0.3, -0.25) is 4.57 Å². The minimum absolute atomic E-state index is 0.286. The molecule has 9 nitrogen and oxygen atoms in total. The van der Waals surface area contributed by atoms with Crippen LogP contribution in [0.4, 0.5) is 10.7 Å². The van der Waals surface area contributed by atoms with E-state index in [4.69, 9.17) is 9.72 Å². The monoisotopic (exact) mass is 399 g/mol. The Labute approximate surface area is 168 Å². The van der Waals surface area contributed by atoms with E-state index in [0.29, 0.717) is 18.9 Å². The molecule has 2 N–H and O–H groups in total. The van der Waals surface area contributed by atoms with Crippen molar-refractivity contribution in [3.05, 3.63) is 29.7 Å². The number of aromatic nitrogens is 3. The van der Waals surface area contributed by atoms with Gasteiger partial charge in [0, 0.05) is 55.9 Å². The van der Waals surface area contributed by atoms with Crippen molar-refractivity contribution in [2.24, 2.45) is 0 Å². The lowest BCUT2D eigenvalue weighted by molar-refractivity contribution is -0.141. The van der Waals surface area contributed by atoms with Crippen LogP contribution in [0, 0.1) is 6.92 Å². The number of amides is 1. The molecule has 154 valence electrons. The summed E-state index contributed by atoms with van der Waals surface area (Å²) in [5.74, 6) is -0.446. The second kappa shape index (κ2) is 7.82. The minimum Gasteiger partial charge on any atom is -0.480 e. The van der Waals surface area contributed by atoms with Gasteiger partial charge in [-0.1, -0.05) is 0 Å². The van der Waals surface area contributed by atoms with Crippen LogP contribution in [0.25, 0.3) is 11.3 Å². The second-order valence-electron chi connectivity index (χ2n) is 7.59. The zero-order valence-electron chi connectivity index (χ0n) is 16.6. The largest absolute Gasteiger partial charge is 0.480 e. The second-order valence-corrected chi connectivity index (χ2v) is 7.59. The highest BCUT2D eigenvalue weighted by molar-refractivity contribution is 5.86. The lowest BCUT2D eigenvalue weighted by Crippen LogP contribution is -2.49. The van der Waals surface area contributed by atoms with Crippen LogP contribution in [0.1, 0.15) is 31.0 Å². The smallest absolute Gasteiger partial charge is 0.329 e.